The van der Waals surface area contributed by atoms with Crippen LogP contribution in [0.1, 0.15) is 38.0 Å². The summed E-state index contributed by atoms with van der Waals surface area (Å²) in [6.07, 6.45) is 0.669. The van der Waals surface area contributed by atoms with Crippen molar-refractivity contribution in [1.29, 1.82) is 0 Å². The Hall–Kier alpha value is -1.68. The van der Waals surface area contributed by atoms with Crippen molar-refractivity contribution in [3.8, 4) is 5.75 Å². The summed E-state index contributed by atoms with van der Waals surface area (Å²) in [4.78, 5) is 0. The molecule has 1 aromatic carbocycles. The van der Waals surface area contributed by atoms with Gasteiger partial charge in [-0.05, 0) is 31.4 Å². The fourth-order valence-corrected chi connectivity index (χ4v) is 3.31. The molecule has 0 aromatic heterocycles. The molecule has 2 saturated heterocycles. The van der Waals surface area contributed by atoms with E-state index in [0.717, 1.165) is 25.0 Å². The van der Waals surface area contributed by atoms with Gasteiger partial charge in [-0.2, -0.15) is 0 Å². The van der Waals surface area contributed by atoms with Gasteiger partial charge in [0, 0.05) is 17.4 Å². The number of ether oxygens (including phenoxy) is 5. The molecule has 1 aromatic rings. The predicted molar refractivity (Wildman–Crippen MR) is 99.1 cm³/mol. The van der Waals surface area contributed by atoms with Crippen molar-refractivity contribution in [1.82, 2.24) is 0 Å². The van der Waals surface area contributed by atoms with Crippen molar-refractivity contribution in [2.75, 3.05) is 26.4 Å². The van der Waals surface area contributed by atoms with E-state index in [2.05, 4.69) is 23.8 Å². The first-order chi connectivity index (χ1) is 14.3. The number of benzene rings is 1. The molecule has 0 aliphatic carbocycles. The second-order valence-electron chi connectivity index (χ2n) is 7.37. The minimum Gasteiger partial charge on any atom is -0.403 e. The first-order valence-electron chi connectivity index (χ1n) is 10.0. The molecule has 5 nitrogen and oxygen atoms in total. The molecule has 9 heteroatoms. The summed E-state index contributed by atoms with van der Waals surface area (Å²) in [6.45, 7) is 4.14. The van der Waals surface area contributed by atoms with E-state index in [1.54, 1.807) is 0 Å². The molecule has 2 fully saturated rings. The van der Waals surface area contributed by atoms with E-state index < -0.39 is 24.2 Å². The van der Waals surface area contributed by atoms with Crippen molar-refractivity contribution in [3.05, 3.63) is 41.7 Å². The van der Waals surface area contributed by atoms with E-state index in [4.69, 9.17) is 18.9 Å². The third kappa shape index (κ3) is 6.94. The van der Waals surface area contributed by atoms with Crippen molar-refractivity contribution in [3.63, 3.8) is 0 Å². The van der Waals surface area contributed by atoms with Crippen LogP contribution in [0.3, 0.4) is 0 Å². The van der Waals surface area contributed by atoms with Gasteiger partial charge < -0.3 is 23.7 Å². The summed E-state index contributed by atoms with van der Waals surface area (Å²) >= 11 is 0. The van der Waals surface area contributed by atoms with Crippen molar-refractivity contribution >= 4 is 0 Å². The lowest BCUT2D eigenvalue weighted by atomic mass is 10.0. The lowest BCUT2D eigenvalue weighted by molar-refractivity contribution is -0.275. The van der Waals surface area contributed by atoms with Crippen LogP contribution in [0.2, 0.25) is 0 Å². The Morgan fingerprint density at radius 2 is 1.73 bits per heavy atom. The normalized spacial score (nSPS) is 28.0. The largest absolute Gasteiger partial charge is 0.573 e. The topological polar surface area (TPSA) is 46.2 Å². The van der Waals surface area contributed by atoms with Crippen LogP contribution >= 0.6 is 0 Å². The SMILES string of the molecule is CC/C=C/[C@H]1CO[C@H](CCC2COC(c3ccc(OC(F)(F)F)c(F)c3)OC2)OC1. The Balaban J connectivity index is 1.40. The molecule has 0 unspecified atom stereocenters. The minimum absolute atomic E-state index is 0.129. The van der Waals surface area contributed by atoms with E-state index in [-0.39, 0.29) is 18.1 Å². The van der Waals surface area contributed by atoms with Gasteiger partial charge in [0.05, 0.1) is 26.4 Å². The maximum Gasteiger partial charge on any atom is 0.573 e. The Bertz CT molecular complexity index is 693. The Labute approximate surface area is 172 Å². The quantitative estimate of drug-likeness (QED) is 0.440. The van der Waals surface area contributed by atoms with Gasteiger partial charge in [-0.25, -0.2) is 4.39 Å². The zero-order chi connectivity index (χ0) is 21.6. The van der Waals surface area contributed by atoms with Crippen LogP contribution < -0.4 is 4.74 Å². The zero-order valence-electron chi connectivity index (χ0n) is 16.7. The molecule has 0 spiro atoms. The molecule has 0 bridgehead atoms. The lowest BCUT2D eigenvalue weighted by Crippen LogP contribution is -2.33. The van der Waals surface area contributed by atoms with Gasteiger partial charge in [0.15, 0.2) is 24.1 Å². The first kappa shape index (κ1) is 23.0. The number of alkyl halides is 3. The van der Waals surface area contributed by atoms with E-state index in [1.165, 1.54) is 6.07 Å². The molecule has 3 rings (SSSR count). The molecule has 2 heterocycles. The van der Waals surface area contributed by atoms with Crippen LogP contribution in [0.4, 0.5) is 17.6 Å². The van der Waals surface area contributed by atoms with Gasteiger partial charge in [-0.15, -0.1) is 13.2 Å². The van der Waals surface area contributed by atoms with Crippen LogP contribution in [-0.4, -0.2) is 39.1 Å². The highest BCUT2D eigenvalue weighted by Gasteiger charge is 2.33. The summed E-state index contributed by atoms with van der Waals surface area (Å²) in [5.74, 6) is -1.60. The van der Waals surface area contributed by atoms with E-state index in [0.29, 0.717) is 38.4 Å². The van der Waals surface area contributed by atoms with Gasteiger partial charge in [-0.3, -0.25) is 0 Å². The van der Waals surface area contributed by atoms with Crippen LogP contribution in [0.5, 0.6) is 5.75 Å². The number of hydrogen-bond acceptors (Lipinski definition) is 5. The molecule has 30 heavy (non-hydrogen) atoms. The highest BCUT2D eigenvalue weighted by Crippen LogP contribution is 2.32. The monoisotopic (exact) mass is 434 g/mol. The Morgan fingerprint density at radius 3 is 2.33 bits per heavy atom. The molecular formula is C21H26F4O5. The highest BCUT2D eigenvalue weighted by atomic mass is 19.4. The van der Waals surface area contributed by atoms with E-state index >= 15 is 0 Å². The average Bonchev–Trinajstić information content (AvgIpc) is 2.72. The van der Waals surface area contributed by atoms with E-state index in [9.17, 15) is 17.6 Å². The van der Waals surface area contributed by atoms with E-state index in [1.807, 2.05) is 0 Å². The number of hydrogen-bond donors (Lipinski definition) is 0. The molecule has 2 aliphatic heterocycles. The van der Waals surface area contributed by atoms with Crippen molar-refractivity contribution in [2.24, 2.45) is 11.8 Å². The maximum atomic E-state index is 13.9. The van der Waals surface area contributed by atoms with Crippen molar-refractivity contribution < 1.29 is 41.2 Å². The van der Waals surface area contributed by atoms with Crippen LogP contribution in [0, 0.1) is 17.7 Å². The standard InChI is InChI=1S/C21H26F4O5/c1-2-3-4-14-10-26-19(27-11-14)8-5-15-12-28-20(29-13-15)16-6-7-18(17(22)9-16)30-21(23,24)25/h3-4,6-7,9,14-15,19-20H,2,5,8,10-13H2,1H3/b4-3+/t14-,15?,19-,20?. The third-order valence-electron chi connectivity index (χ3n) is 4.87. The predicted octanol–water partition coefficient (Wildman–Crippen LogP) is 5.12. The second-order valence-corrected chi connectivity index (χ2v) is 7.37. The highest BCUT2D eigenvalue weighted by molar-refractivity contribution is 5.30. The van der Waals surface area contributed by atoms with Gasteiger partial charge in [-0.1, -0.05) is 25.1 Å². The zero-order valence-corrected chi connectivity index (χ0v) is 16.7. The summed E-state index contributed by atoms with van der Waals surface area (Å²) < 4.78 is 76.9. The summed E-state index contributed by atoms with van der Waals surface area (Å²) in [7, 11) is 0. The number of allylic oxidation sites excluding steroid dienone is 1. The van der Waals surface area contributed by atoms with Crippen LogP contribution in [0.15, 0.2) is 30.4 Å². The van der Waals surface area contributed by atoms with Gasteiger partial charge in [0.25, 0.3) is 0 Å². The second kappa shape index (κ2) is 10.6. The molecule has 0 amide bonds. The fourth-order valence-electron chi connectivity index (χ4n) is 3.31. The van der Waals surface area contributed by atoms with Gasteiger partial charge in [0.1, 0.15) is 0 Å². The van der Waals surface area contributed by atoms with Crippen LogP contribution in [-0.2, 0) is 18.9 Å². The summed E-state index contributed by atoms with van der Waals surface area (Å²) in [5.41, 5.74) is 0.297. The average molecular weight is 434 g/mol. The molecule has 168 valence electrons. The lowest BCUT2D eigenvalue weighted by Gasteiger charge is -2.32. The smallest absolute Gasteiger partial charge is 0.403 e. The summed E-state index contributed by atoms with van der Waals surface area (Å²) in [5, 5.41) is 0. The maximum absolute atomic E-state index is 13.9. The number of halogens is 4. The fraction of sp³-hybridized carbons (Fsp3) is 0.619. The van der Waals surface area contributed by atoms with Crippen molar-refractivity contribution in [2.45, 2.75) is 45.1 Å². The van der Waals surface area contributed by atoms with Gasteiger partial charge in [0.2, 0.25) is 0 Å². The first-order valence-corrected chi connectivity index (χ1v) is 10.0. The summed E-state index contributed by atoms with van der Waals surface area (Å²) in [6, 6.07) is 3.14. The number of rotatable bonds is 7. The molecular weight excluding hydrogens is 408 g/mol. The molecule has 0 radical (unpaired) electrons. The van der Waals surface area contributed by atoms with Gasteiger partial charge >= 0.3 is 6.36 Å². The molecule has 0 atom stereocenters. The Morgan fingerprint density at radius 1 is 1.03 bits per heavy atom. The molecule has 0 saturated carbocycles. The third-order valence-corrected chi connectivity index (χ3v) is 4.87. The minimum atomic E-state index is -4.95. The molecule has 2 aliphatic rings. The Kier molecular flexibility index (Phi) is 8.10. The molecule has 0 N–H and O–H groups in total. The van der Waals surface area contributed by atoms with Crippen LogP contribution in [0.25, 0.3) is 0 Å².